The minimum atomic E-state index is -0.675. The van der Waals surface area contributed by atoms with Crippen molar-refractivity contribution < 1.29 is 23.8 Å². The molecule has 0 unspecified atom stereocenters. The van der Waals surface area contributed by atoms with Gasteiger partial charge in [-0.15, -0.1) is 0 Å². The third-order valence-electron chi connectivity index (χ3n) is 6.89. The largest absolute Gasteiger partial charge is 0.489 e. The first-order valence-corrected chi connectivity index (χ1v) is 12.7. The number of benzene rings is 1. The number of likely N-dealkylation sites (tertiary alicyclic amines) is 1. The van der Waals surface area contributed by atoms with Crippen molar-refractivity contribution in [2.45, 2.75) is 71.1 Å². The Labute approximate surface area is 212 Å². The number of hydrogen-bond donors (Lipinski definition) is 0. The molecule has 0 radical (unpaired) electrons. The van der Waals surface area contributed by atoms with Crippen molar-refractivity contribution in [2.24, 2.45) is 11.8 Å². The molecule has 1 aliphatic heterocycles. The minimum Gasteiger partial charge on any atom is -0.489 e. The number of nitrogens with zero attached hydrogens (tertiary/aromatic N) is 3. The number of aromatic nitrogens is 1. The first kappa shape index (κ1) is 25.6. The van der Waals surface area contributed by atoms with Crippen LogP contribution in [0.25, 0.3) is 5.69 Å². The average Bonchev–Trinajstić information content (AvgIpc) is 3.37. The van der Waals surface area contributed by atoms with Gasteiger partial charge in [-0.25, -0.2) is 9.59 Å². The van der Waals surface area contributed by atoms with Gasteiger partial charge in [-0.3, -0.25) is 4.90 Å². The third kappa shape index (κ3) is 5.84. The number of ether oxygens (including phenoxy) is 3. The second kappa shape index (κ2) is 10.7. The molecule has 1 saturated carbocycles. The fourth-order valence-corrected chi connectivity index (χ4v) is 5.25. The van der Waals surface area contributed by atoms with E-state index in [2.05, 4.69) is 6.07 Å². The topological polar surface area (TPSA) is 93.8 Å². The molecule has 1 saturated heterocycles. The van der Waals surface area contributed by atoms with E-state index in [0.29, 0.717) is 24.3 Å². The Morgan fingerprint density at radius 2 is 1.86 bits per heavy atom. The number of rotatable bonds is 5. The van der Waals surface area contributed by atoms with Gasteiger partial charge in [0, 0.05) is 30.7 Å². The Morgan fingerprint density at radius 1 is 1.11 bits per heavy atom. The summed E-state index contributed by atoms with van der Waals surface area (Å²) in [5.74, 6) is 0.635. The van der Waals surface area contributed by atoms with Gasteiger partial charge in [0.15, 0.2) is 0 Å². The maximum atomic E-state index is 13.0. The number of fused-ring (bicyclic) bond motifs is 1. The summed E-state index contributed by atoms with van der Waals surface area (Å²) in [5, 5.41) is 9.63. The highest BCUT2D eigenvalue weighted by Crippen LogP contribution is 2.41. The van der Waals surface area contributed by atoms with Crippen LogP contribution in [0.4, 0.5) is 4.79 Å². The van der Waals surface area contributed by atoms with Crippen LogP contribution in [0.15, 0.2) is 42.7 Å². The molecule has 4 atom stereocenters. The maximum absolute atomic E-state index is 13.0. The van der Waals surface area contributed by atoms with E-state index in [0.717, 1.165) is 24.9 Å². The van der Waals surface area contributed by atoms with Crippen molar-refractivity contribution in [3.63, 3.8) is 0 Å². The summed E-state index contributed by atoms with van der Waals surface area (Å²) in [6.07, 6.45) is 6.29. The molecule has 1 amide bonds. The lowest BCUT2D eigenvalue weighted by Gasteiger charge is -2.46. The van der Waals surface area contributed by atoms with Gasteiger partial charge in [0.2, 0.25) is 0 Å². The molecule has 0 bridgehead atoms. The summed E-state index contributed by atoms with van der Waals surface area (Å²) in [4.78, 5) is 27.3. The van der Waals surface area contributed by atoms with Gasteiger partial charge in [-0.05, 0) is 89.5 Å². The quantitative estimate of drug-likeness (QED) is 0.539. The van der Waals surface area contributed by atoms with Crippen molar-refractivity contribution in [1.29, 1.82) is 5.26 Å². The van der Waals surface area contributed by atoms with Gasteiger partial charge in [0.1, 0.15) is 23.5 Å². The van der Waals surface area contributed by atoms with Crippen LogP contribution < -0.4 is 4.74 Å². The van der Waals surface area contributed by atoms with Gasteiger partial charge in [-0.1, -0.05) is 0 Å². The lowest BCUT2D eigenvalue weighted by Crippen LogP contribution is -2.56. The zero-order valence-corrected chi connectivity index (χ0v) is 21.5. The lowest BCUT2D eigenvalue weighted by atomic mass is 9.72. The summed E-state index contributed by atoms with van der Waals surface area (Å²) >= 11 is 0. The number of nitriles is 1. The SMILES string of the molecule is CCOC(=O)[C@@H]1C[C@@H]2C[C@@H](Oc3cc(-n4cccc4)ccc3C#N)CC[C@H]2CN1C(=O)OC(C)(C)C. The number of hydrogen-bond acceptors (Lipinski definition) is 6. The van der Waals surface area contributed by atoms with Crippen LogP contribution >= 0.6 is 0 Å². The van der Waals surface area contributed by atoms with Crippen molar-refractivity contribution in [3.8, 4) is 17.5 Å². The molecule has 2 aliphatic rings. The van der Waals surface area contributed by atoms with Crippen LogP contribution in [0.1, 0.15) is 58.9 Å². The molecule has 36 heavy (non-hydrogen) atoms. The zero-order chi connectivity index (χ0) is 25.9. The molecule has 192 valence electrons. The van der Waals surface area contributed by atoms with E-state index in [1.165, 1.54) is 0 Å². The molecule has 0 spiro atoms. The predicted octanol–water partition coefficient (Wildman–Crippen LogP) is 5.09. The second-order valence-electron chi connectivity index (χ2n) is 10.6. The Hall–Kier alpha value is -3.47. The Morgan fingerprint density at radius 3 is 2.53 bits per heavy atom. The zero-order valence-electron chi connectivity index (χ0n) is 21.5. The molecule has 1 aliphatic carbocycles. The van der Waals surface area contributed by atoms with Gasteiger partial charge in [-0.2, -0.15) is 5.26 Å². The number of carbonyl (C=O) groups excluding carboxylic acids is 2. The van der Waals surface area contributed by atoms with E-state index in [1.807, 2.05) is 62.0 Å². The molecule has 1 aromatic heterocycles. The van der Waals surface area contributed by atoms with Crippen LogP contribution in [0.5, 0.6) is 5.75 Å². The first-order chi connectivity index (χ1) is 17.2. The maximum Gasteiger partial charge on any atom is 0.411 e. The smallest absolute Gasteiger partial charge is 0.411 e. The van der Waals surface area contributed by atoms with Crippen LogP contribution in [0, 0.1) is 23.2 Å². The van der Waals surface area contributed by atoms with Crippen molar-refractivity contribution in [3.05, 3.63) is 48.3 Å². The van der Waals surface area contributed by atoms with Gasteiger partial charge in [0.25, 0.3) is 0 Å². The van der Waals surface area contributed by atoms with E-state index >= 15 is 0 Å². The molecule has 8 nitrogen and oxygen atoms in total. The predicted molar refractivity (Wildman–Crippen MR) is 134 cm³/mol. The molecule has 2 fully saturated rings. The Kier molecular flexibility index (Phi) is 7.58. The molecule has 2 heterocycles. The van der Waals surface area contributed by atoms with Crippen LogP contribution in [0.3, 0.4) is 0 Å². The summed E-state index contributed by atoms with van der Waals surface area (Å²) in [6.45, 7) is 7.94. The Balaban J connectivity index is 1.49. The second-order valence-corrected chi connectivity index (χ2v) is 10.6. The minimum absolute atomic E-state index is 0.0748. The monoisotopic (exact) mass is 493 g/mol. The fourth-order valence-electron chi connectivity index (χ4n) is 5.25. The summed E-state index contributed by atoms with van der Waals surface area (Å²) in [5.41, 5.74) is 0.777. The molecular formula is C28H35N3O5. The van der Waals surface area contributed by atoms with Crippen LogP contribution in [-0.2, 0) is 14.3 Å². The highest BCUT2D eigenvalue weighted by atomic mass is 16.6. The standard InChI is InChI=1S/C28H35N3O5/c1-5-34-26(32)24-15-21-14-23(11-9-20(21)18-31(24)27(33)36-28(2,3)4)35-25-16-22(10-8-19(25)17-29)30-12-6-7-13-30/h6-8,10,12-13,16,20-21,23-24H,5,9,11,14-15,18H2,1-4H3/t20-,21-,23-,24-/m0/s1. The van der Waals surface area contributed by atoms with Gasteiger partial charge in [0.05, 0.1) is 18.3 Å². The molecule has 2 aromatic rings. The molecule has 1 aromatic carbocycles. The number of carbonyl (C=O) groups is 2. The van der Waals surface area contributed by atoms with E-state index in [1.54, 1.807) is 17.9 Å². The number of esters is 1. The van der Waals surface area contributed by atoms with Crippen LogP contribution in [-0.4, -0.2) is 52.4 Å². The molecular weight excluding hydrogens is 458 g/mol. The fraction of sp³-hybridized carbons (Fsp3) is 0.536. The third-order valence-corrected chi connectivity index (χ3v) is 6.89. The van der Waals surface area contributed by atoms with Crippen molar-refractivity contribution >= 4 is 12.1 Å². The first-order valence-electron chi connectivity index (χ1n) is 12.7. The number of piperidine rings is 1. The van der Waals surface area contributed by atoms with E-state index < -0.39 is 23.7 Å². The summed E-state index contributed by atoms with van der Waals surface area (Å²) < 4.78 is 19.3. The van der Waals surface area contributed by atoms with Crippen LogP contribution in [0.2, 0.25) is 0 Å². The summed E-state index contributed by atoms with van der Waals surface area (Å²) in [7, 11) is 0. The van der Waals surface area contributed by atoms with E-state index in [4.69, 9.17) is 14.2 Å². The number of amides is 1. The van der Waals surface area contributed by atoms with Crippen molar-refractivity contribution in [2.75, 3.05) is 13.2 Å². The molecule has 8 heteroatoms. The van der Waals surface area contributed by atoms with Crippen molar-refractivity contribution in [1.82, 2.24) is 9.47 Å². The van der Waals surface area contributed by atoms with E-state index in [-0.39, 0.29) is 24.5 Å². The van der Waals surface area contributed by atoms with Gasteiger partial charge >= 0.3 is 12.1 Å². The lowest BCUT2D eigenvalue weighted by molar-refractivity contribution is -0.153. The molecule has 0 N–H and O–H groups in total. The summed E-state index contributed by atoms with van der Waals surface area (Å²) in [6, 6.07) is 11.0. The highest BCUT2D eigenvalue weighted by Gasteiger charge is 2.45. The highest BCUT2D eigenvalue weighted by molar-refractivity contribution is 5.82. The van der Waals surface area contributed by atoms with Gasteiger partial charge < -0.3 is 18.8 Å². The Bertz CT molecular complexity index is 1120. The normalized spacial score (nSPS) is 23.8. The van der Waals surface area contributed by atoms with E-state index in [9.17, 15) is 14.9 Å². The molecule has 4 rings (SSSR count). The average molecular weight is 494 g/mol.